The highest BCUT2D eigenvalue weighted by Gasteiger charge is 2.48. The van der Waals surface area contributed by atoms with Gasteiger partial charge < -0.3 is 28.4 Å². The van der Waals surface area contributed by atoms with Crippen molar-refractivity contribution in [3.05, 3.63) is 47.5 Å². The summed E-state index contributed by atoms with van der Waals surface area (Å²) in [4.78, 5) is 0. The van der Waals surface area contributed by atoms with Crippen molar-refractivity contribution in [1.29, 1.82) is 0 Å². The van der Waals surface area contributed by atoms with Crippen LogP contribution in [0, 0.1) is 11.8 Å². The maximum Gasteiger partial charge on any atom is 0.231 e. The van der Waals surface area contributed by atoms with Crippen molar-refractivity contribution < 1.29 is 28.4 Å². The molecular weight excluding hydrogens is 336 g/mol. The van der Waals surface area contributed by atoms with Gasteiger partial charge in [0.1, 0.15) is 0 Å². The molecule has 6 rings (SSSR count). The highest BCUT2D eigenvalue weighted by atomic mass is 16.7. The Morgan fingerprint density at radius 1 is 0.577 bits per heavy atom. The van der Waals surface area contributed by atoms with E-state index in [1.54, 1.807) is 0 Å². The van der Waals surface area contributed by atoms with Gasteiger partial charge >= 0.3 is 0 Å². The van der Waals surface area contributed by atoms with Crippen LogP contribution in [-0.2, 0) is 9.47 Å². The molecule has 4 aliphatic rings. The molecule has 2 fully saturated rings. The minimum atomic E-state index is 0.0218. The van der Waals surface area contributed by atoms with Gasteiger partial charge in [0.25, 0.3) is 0 Å². The van der Waals surface area contributed by atoms with Gasteiger partial charge in [-0.25, -0.2) is 0 Å². The summed E-state index contributed by atoms with van der Waals surface area (Å²) in [5.41, 5.74) is 2.24. The first-order chi connectivity index (χ1) is 12.9. The molecule has 1 unspecified atom stereocenters. The third kappa shape index (κ3) is 2.12. The van der Waals surface area contributed by atoms with Crippen molar-refractivity contribution in [3.8, 4) is 23.0 Å². The number of rotatable bonds is 2. The van der Waals surface area contributed by atoms with Gasteiger partial charge in [-0.1, -0.05) is 12.1 Å². The van der Waals surface area contributed by atoms with Crippen LogP contribution >= 0.6 is 0 Å². The fourth-order valence-corrected chi connectivity index (χ4v) is 4.41. The second-order valence-electron chi connectivity index (χ2n) is 7.06. The topological polar surface area (TPSA) is 55.4 Å². The third-order valence-corrected chi connectivity index (χ3v) is 5.71. The normalized spacial score (nSPS) is 30.6. The van der Waals surface area contributed by atoms with Crippen LogP contribution in [0.5, 0.6) is 23.0 Å². The first-order valence-electron chi connectivity index (χ1n) is 8.89. The van der Waals surface area contributed by atoms with E-state index in [0.29, 0.717) is 25.0 Å². The van der Waals surface area contributed by atoms with E-state index >= 15 is 0 Å². The Labute approximate surface area is 150 Å². The fourth-order valence-electron chi connectivity index (χ4n) is 4.41. The predicted molar refractivity (Wildman–Crippen MR) is 89.5 cm³/mol. The van der Waals surface area contributed by atoms with E-state index in [4.69, 9.17) is 28.4 Å². The SMILES string of the molecule is c1cc2c(cc1C1OC[C@H]3[C@@H]1CO[C@H]3c1ccc3c(c1)OCO3)OCO2. The Balaban J connectivity index is 1.27. The van der Waals surface area contributed by atoms with Crippen LogP contribution < -0.4 is 18.9 Å². The van der Waals surface area contributed by atoms with Crippen molar-refractivity contribution in [1.82, 2.24) is 0 Å². The summed E-state index contributed by atoms with van der Waals surface area (Å²) in [7, 11) is 0. The van der Waals surface area contributed by atoms with E-state index in [9.17, 15) is 0 Å². The third-order valence-electron chi connectivity index (χ3n) is 5.71. The Morgan fingerprint density at radius 3 is 1.54 bits per heavy atom. The molecule has 0 radical (unpaired) electrons. The predicted octanol–water partition coefficient (Wildman–Crippen LogP) is 3.22. The lowest BCUT2D eigenvalue weighted by Gasteiger charge is -2.17. The quantitative estimate of drug-likeness (QED) is 0.825. The Kier molecular flexibility index (Phi) is 3.12. The van der Waals surface area contributed by atoms with Crippen molar-refractivity contribution in [2.45, 2.75) is 12.2 Å². The highest BCUT2D eigenvalue weighted by molar-refractivity contribution is 5.46. The summed E-state index contributed by atoms with van der Waals surface area (Å²) in [6, 6.07) is 12.1. The van der Waals surface area contributed by atoms with E-state index in [1.807, 2.05) is 24.3 Å². The molecule has 0 aliphatic carbocycles. The first-order valence-corrected chi connectivity index (χ1v) is 8.89. The molecule has 2 saturated heterocycles. The van der Waals surface area contributed by atoms with Crippen LogP contribution in [-0.4, -0.2) is 26.8 Å². The number of hydrogen-bond donors (Lipinski definition) is 0. The monoisotopic (exact) mass is 354 g/mol. The van der Waals surface area contributed by atoms with Gasteiger partial charge in [-0.3, -0.25) is 0 Å². The molecule has 0 bridgehead atoms. The summed E-state index contributed by atoms with van der Waals surface area (Å²) < 4.78 is 34.2. The Bertz CT molecular complexity index is 794. The van der Waals surface area contributed by atoms with Crippen LogP contribution in [0.4, 0.5) is 0 Å². The molecule has 4 heterocycles. The van der Waals surface area contributed by atoms with Crippen molar-refractivity contribution in [2.75, 3.05) is 26.8 Å². The van der Waals surface area contributed by atoms with Crippen LogP contribution in [0.2, 0.25) is 0 Å². The van der Waals surface area contributed by atoms with Crippen LogP contribution in [0.3, 0.4) is 0 Å². The lowest BCUT2D eigenvalue weighted by Crippen LogP contribution is -2.14. The summed E-state index contributed by atoms with van der Waals surface area (Å²) in [5.74, 6) is 3.83. The molecule has 6 heteroatoms. The molecule has 0 aromatic heterocycles. The van der Waals surface area contributed by atoms with Gasteiger partial charge in [-0.05, 0) is 35.4 Å². The van der Waals surface area contributed by atoms with Gasteiger partial charge in [-0.15, -0.1) is 0 Å². The summed E-state index contributed by atoms with van der Waals surface area (Å²) in [6.07, 6.45) is 0.0435. The molecule has 0 N–H and O–H groups in total. The van der Waals surface area contributed by atoms with E-state index in [0.717, 1.165) is 34.1 Å². The van der Waals surface area contributed by atoms with Gasteiger partial charge in [0, 0.05) is 11.8 Å². The Hall–Kier alpha value is -2.44. The maximum absolute atomic E-state index is 6.18. The van der Waals surface area contributed by atoms with Crippen molar-refractivity contribution in [2.24, 2.45) is 11.8 Å². The van der Waals surface area contributed by atoms with Crippen LogP contribution in [0.25, 0.3) is 0 Å². The molecule has 0 spiro atoms. The number of benzene rings is 2. The van der Waals surface area contributed by atoms with E-state index < -0.39 is 0 Å². The zero-order valence-electron chi connectivity index (χ0n) is 14.1. The van der Waals surface area contributed by atoms with Crippen molar-refractivity contribution in [3.63, 3.8) is 0 Å². The average molecular weight is 354 g/mol. The second kappa shape index (κ2) is 5.53. The molecule has 2 aromatic rings. The molecule has 6 nitrogen and oxygen atoms in total. The maximum atomic E-state index is 6.18. The molecule has 0 amide bonds. The number of fused-ring (bicyclic) bond motifs is 3. The van der Waals surface area contributed by atoms with Gasteiger partial charge in [0.05, 0.1) is 25.4 Å². The van der Waals surface area contributed by atoms with E-state index in [2.05, 4.69) is 12.1 Å². The zero-order chi connectivity index (χ0) is 17.1. The molecule has 0 saturated carbocycles. The minimum Gasteiger partial charge on any atom is -0.454 e. The standard InChI is InChI=1S/C20H18O6/c1-3-15-17(25-9-23-15)5-11(1)19-13-7-22-20(14(13)8-21-19)12-2-4-16-18(6-12)26-10-24-16/h1-6,13-14,19-20H,7-10H2/t13-,14-,19-,20?/m0/s1. The van der Waals surface area contributed by atoms with Crippen molar-refractivity contribution >= 4 is 0 Å². The lowest BCUT2D eigenvalue weighted by atomic mass is 9.85. The fraction of sp³-hybridized carbons (Fsp3) is 0.400. The van der Waals surface area contributed by atoms with E-state index in [-0.39, 0.29) is 25.8 Å². The van der Waals surface area contributed by atoms with Gasteiger partial charge in [0.15, 0.2) is 23.0 Å². The van der Waals surface area contributed by atoms with Gasteiger partial charge in [-0.2, -0.15) is 0 Å². The van der Waals surface area contributed by atoms with E-state index in [1.165, 1.54) is 0 Å². The largest absolute Gasteiger partial charge is 0.454 e. The highest BCUT2D eigenvalue weighted by Crippen LogP contribution is 2.52. The van der Waals surface area contributed by atoms with Crippen LogP contribution in [0.15, 0.2) is 36.4 Å². The van der Waals surface area contributed by atoms with Gasteiger partial charge in [0.2, 0.25) is 13.6 Å². The molecule has 4 aliphatic heterocycles. The second-order valence-corrected chi connectivity index (χ2v) is 7.06. The van der Waals surface area contributed by atoms with Crippen LogP contribution in [0.1, 0.15) is 23.3 Å². The number of hydrogen-bond acceptors (Lipinski definition) is 6. The lowest BCUT2D eigenvalue weighted by molar-refractivity contribution is 0.0192. The molecule has 134 valence electrons. The minimum absolute atomic E-state index is 0.0218. The first kappa shape index (κ1) is 14.7. The summed E-state index contributed by atoms with van der Waals surface area (Å²) in [5, 5.41) is 0. The molecule has 4 atom stereocenters. The molecular formula is C20H18O6. The summed E-state index contributed by atoms with van der Waals surface area (Å²) >= 11 is 0. The zero-order valence-corrected chi connectivity index (χ0v) is 14.1. The molecule has 2 aromatic carbocycles. The summed E-state index contributed by atoms with van der Waals surface area (Å²) in [6.45, 7) is 1.93. The smallest absolute Gasteiger partial charge is 0.231 e. The average Bonchev–Trinajstić information content (AvgIpc) is 3.42. The Morgan fingerprint density at radius 2 is 1.04 bits per heavy atom. The number of ether oxygens (including phenoxy) is 6. The molecule has 26 heavy (non-hydrogen) atoms.